The van der Waals surface area contributed by atoms with Gasteiger partial charge in [-0.3, -0.25) is 4.79 Å². The Bertz CT molecular complexity index is 981. The molecule has 0 saturated heterocycles. The summed E-state index contributed by atoms with van der Waals surface area (Å²) in [5.41, 5.74) is 2.91. The van der Waals surface area contributed by atoms with Gasteiger partial charge in [-0.1, -0.05) is 24.3 Å². The highest BCUT2D eigenvalue weighted by Gasteiger charge is 2.09. The Morgan fingerprint density at radius 3 is 2.58 bits per heavy atom. The largest absolute Gasteiger partial charge is 0.491 e. The van der Waals surface area contributed by atoms with Gasteiger partial charge in [0.1, 0.15) is 5.75 Å². The highest BCUT2D eigenvalue weighted by Crippen LogP contribution is 2.20. The minimum atomic E-state index is -0.228. The number of benzene rings is 2. The Balaban J connectivity index is 1.98. The molecule has 4 nitrogen and oxygen atoms in total. The van der Waals surface area contributed by atoms with Crippen molar-refractivity contribution < 1.29 is 9.53 Å². The monoisotopic (exact) mass is 368 g/mol. The van der Waals surface area contributed by atoms with E-state index >= 15 is 0 Å². The number of hydrogen-bond acceptors (Lipinski definition) is 3. The van der Waals surface area contributed by atoms with Crippen molar-refractivity contribution in [2.75, 3.05) is 0 Å². The van der Waals surface area contributed by atoms with Gasteiger partial charge in [-0.05, 0) is 69.2 Å². The van der Waals surface area contributed by atoms with Crippen LogP contribution in [0.1, 0.15) is 43.1 Å². The maximum atomic E-state index is 12.6. The molecule has 1 heterocycles. The third-order valence-corrected chi connectivity index (χ3v) is 5.00. The molecule has 2 aromatic carbocycles. The lowest BCUT2D eigenvalue weighted by Gasteiger charge is -2.09. The molecule has 5 heteroatoms. The molecule has 0 unspecified atom stereocenters. The first-order valence-electron chi connectivity index (χ1n) is 8.93. The second kappa shape index (κ2) is 7.87. The topological polar surface area (TPSA) is 43.6 Å². The van der Waals surface area contributed by atoms with Crippen LogP contribution < -0.4 is 9.54 Å². The van der Waals surface area contributed by atoms with Crippen molar-refractivity contribution in [3.63, 3.8) is 0 Å². The van der Waals surface area contributed by atoms with E-state index in [1.165, 1.54) is 5.56 Å². The van der Waals surface area contributed by atoms with Crippen LogP contribution in [0.5, 0.6) is 5.75 Å². The van der Waals surface area contributed by atoms with Crippen molar-refractivity contribution in [1.82, 2.24) is 4.57 Å². The van der Waals surface area contributed by atoms with E-state index in [-0.39, 0.29) is 12.0 Å². The second-order valence-corrected chi connectivity index (χ2v) is 7.62. The number of fused-ring (bicyclic) bond motifs is 1. The van der Waals surface area contributed by atoms with Crippen LogP contribution in [0.2, 0.25) is 0 Å². The van der Waals surface area contributed by atoms with Crippen LogP contribution in [-0.2, 0) is 6.54 Å². The minimum absolute atomic E-state index is 0.108. The van der Waals surface area contributed by atoms with Gasteiger partial charge in [0.25, 0.3) is 5.91 Å². The van der Waals surface area contributed by atoms with Crippen LogP contribution >= 0.6 is 11.3 Å². The Labute approximate surface area is 157 Å². The van der Waals surface area contributed by atoms with Gasteiger partial charge in [-0.2, -0.15) is 4.99 Å². The van der Waals surface area contributed by atoms with Gasteiger partial charge >= 0.3 is 0 Å². The number of thiazole rings is 1. The van der Waals surface area contributed by atoms with Gasteiger partial charge in [0.2, 0.25) is 0 Å². The molecule has 0 radical (unpaired) electrons. The third kappa shape index (κ3) is 4.05. The van der Waals surface area contributed by atoms with E-state index in [1.54, 1.807) is 23.5 Å². The number of nitrogens with zero attached hydrogens (tertiary/aromatic N) is 2. The fourth-order valence-electron chi connectivity index (χ4n) is 2.81. The summed E-state index contributed by atoms with van der Waals surface area (Å²) < 4.78 is 8.92. The summed E-state index contributed by atoms with van der Waals surface area (Å²) in [6, 6.07) is 13.5. The number of rotatable bonds is 5. The van der Waals surface area contributed by atoms with Crippen LogP contribution in [0.25, 0.3) is 10.2 Å². The van der Waals surface area contributed by atoms with Crippen molar-refractivity contribution in [3.8, 4) is 5.75 Å². The molecule has 0 fully saturated rings. The van der Waals surface area contributed by atoms with Crippen molar-refractivity contribution >= 4 is 27.5 Å². The fourth-order valence-corrected chi connectivity index (χ4v) is 3.96. The van der Waals surface area contributed by atoms with Gasteiger partial charge in [0.05, 0.1) is 16.3 Å². The second-order valence-electron chi connectivity index (χ2n) is 6.62. The predicted molar refractivity (Wildman–Crippen MR) is 107 cm³/mol. The van der Waals surface area contributed by atoms with E-state index in [9.17, 15) is 4.79 Å². The summed E-state index contributed by atoms with van der Waals surface area (Å²) in [5, 5.41) is 0. The van der Waals surface area contributed by atoms with Gasteiger partial charge in [0, 0.05) is 12.1 Å². The molecular formula is C21H24N2O2S. The standard InChI is InChI=1S/C21H24N2O2S/c1-5-12-23-18-11-6-15(4)13-19(18)26-21(23)22-20(24)16-7-9-17(10-8-16)25-14(2)3/h6-11,13-14H,5,12H2,1-4H3. The average molecular weight is 369 g/mol. The molecule has 0 saturated carbocycles. The summed E-state index contributed by atoms with van der Waals surface area (Å²) in [6.45, 7) is 9.00. The zero-order chi connectivity index (χ0) is 18.7. The van der Waals surface area contributed by atoms with Gasteiger partial charge in [-0.25, -0.2) is 0 Å². The van der Waals surface area contributed by atoms with Crippen LogP contribution in [-0.4, -0.2) is 16.6 Å². The molecule has 0 aliphatic carbocycles. The van der Waals surface area contributed by atoms with Crippen LogP contribution in [0.3, 0.4) is 0 Å². The average Bonchev–Trinajstić information content (AvgIpc) is 2.91. The molecule has 0 aliphatic heterocycles. The zero-order valence-electron chi connectivity index (χ0n) is 15.7. The molecule has 1 amide bonds. The number of carbonyl (C=O) groups is 1. The third-order valence-electron chi connectivity index (χ3n) is 3.96. The molecule has 1 aromatic heterocycles. The first-order chi connectivity index (χ1) is 12.5. The van der Waals surface area contributed by atoms with Crippen molar-refractivity contribution in [3.05, 3.63) is 58.4 Å². The van der Waals surface area contributed by atoms with Crippen molar-refractivity contribution in [2.45, 2.75) is 46.8 Å². The summed E-state index contributed by atoms with van der Waals surface area (Å²) in [7, 11) is 0. The summed E-state index contributed by atoms with van der Waals surface area (Å²) in [6.07, 6.45) is 1.10. The van der Waals surface area contributed by atoms with Crippen LogP contribution in [0, 0.1) is 6.92 Å². The summed E-state index contributed by atoms with van der Waals surface area (Å²) >= 11 is 1.56. The van der Waals surface area contributed by atoms with Gasteiger partial charge in [-0.15, -0.1) is 0 Å². The van der Waals surface area contributed by atoms with E-state index in [2.05, 4.69) is 41.6 Å². The number of ether oxygens (including phenoxy) is 1. The normalized spacial score (nSPS) is 12.1. The highest BCUT2D eigenvalue weighted by molar-refractivity contribution is 7.16. The lowest BCUT2D eigenvalue weighted by atomic mass is 10.2. The first-order valence-corrected chi connectivity index (χ1v) is 9.75. The van der Waals surface area contributed by atoms with Crippen LogP contribution in [0.4, 0.5) is 0 Å². The molecular weight excluding hydrogens is 344 g/mol. The van der Waals surface area contributed by atoms with Gasteiger partial charge < -0.3 is 9.30 Å². The van der Waals surface area contributed by atoms with Gasteiger partial charge in [0.15, 0.2) is 4.80 Å². The first kappa shape index (κ1) is 18.4. The fraction of sp³-hybridized carbons (Fsp3) is 0.333. The number of hydrogen-bond donors (Lipinski definition) is 0. The SMILES string of the molecule is CCCn1c(=NC(=O)c2ccc(OC(C)C)cc2)sc2cc(C)ccc21. The predicted octanol–water partition coefficient (Wildman–Crippen LogP) is 4.95. The lowest BCUT2D eigenvalue weighted by Crippen LogP contribution is -2.16. The number of carbonyl (C=O) groups excluding carboxylic acids is 1. The zero-order valence-corrected chi connectivity index (χ0v) is 16.5. The smallest absolute Gasteiger partial charge is 0.279 e. The molecule has 3 rings (SSSR count). The van der Waals surface area contributed by atoms with Crippen LogP contribution in [0.15, 0.2) is 47.5 Å². The summed E-state index contributed by atoms with van der Waals surface area (Å²) in [4.78, 5) is 17.8. The molecule has 0 atom stereocenters. The Hall–Kier alpha value is -2.40. The highest BCUT2D eigenvalue weighted by atomic mass is 32.1. The number of aromatic nitrogens is 1. The quantitative estimate of drug-likeness (QED) is 0.639. The Morgan fingerprint density at radius 2 is 1.92 bits per heavy atom. The van der Waals surface area contributed by atoms with E-state index in [0.29, 0.717) is 5.56 Å². The lowest BCUT2D eigenvalue weighted by molar-refractivity contribution is 0.0998. The van der Waals surface area contributed by atoms with E-state index in [0.717, 1.165) is 33.7 Å². The molecule has 0 N–H and O–H groups in total. The van der Waals surface area contributed by atoms with Crippen molar-refractivity contribution in [2.24, 2.45) is 4.99 Å². The molecule has 0 spiro atoms. The Morgan fingerprint density at radius 1 is 1.19 bits per heavy atom. The summed E-state index contributed by atoms with van der Waals surface area (Å²) in [5.74, 6) is 0.532. The number of aryl methyl sites for hydroxylation is 2. The Kier molecular flexibility index (Phi) is 5.57. The molecule has 0 aliphatic rings. The number of amides is 1. The molecule has 136 valence electrons. The minimum Gasteiger partial charge on any atom is -0.491 e. The van der Waals surface area contributed by atoms with E-state index in [1.807, 2.05) is 26.0 Å². The van der Waals surface area contributed by atoms with E-state index in [4.69, 9.17) is 4.74 Å². The van der Waals surface area contributed by atoms with E-state index < -0.39 is 0 Å². The maximum absolute atomic E-state index is 12.6. The maximum Gasteiger partial charge on any atom is 0.279 e. The van der Waals surface area contributed by atoms with Crippen molar-refractivity contribution in [1.29, 1.82) is 0 Å². The molecule has 0 bridgehead atoms. The molecule has 26 heavy (non-hydrogen) atoms. The molecule has 3 aromatic rings.